The molecule has 30 heavy (non-hydrogen) atoms. The average Bonchev–Trinajstić information content (AvgIpc) is 2.80. The number of benzene rings is 2. The number of amides is 1. The Morgan fingerprint density at radius 1 is 1.13 bits per heavy atom. The number of carbonyl (C=O) groups is 2. The molecule has 0 bridgehead atoms. The molecular formula is C26H25NO3. The van der Waals surface area contributed by atoms with Gasteiger partial charge in [0.2, 0.25) is 5.91 Å². The number of ether oxygens (including phenoxy) is 1. The summed E-state index contributed by atoms with van der Waals surface area (Å²) in [6, 6.07) is 19.2. The van der Waals surface area contributed by atoms with E-state index in [-0.39, 0.29) is 11.8 Å². The number of nitrogens with zero attached hydrogens (tertiary/aromatic N) is 1. The van der Waals surface area contributed by atoms with Crippen molar-refractivity contribution in [2.45, 2.75) is 25.5 Å². The fourth-order valence-corrected chi connectivity index (χ4v) is 4.45. The van der Waals surface area contributed by atoms with Gasteiger partial charge in [-0.3, -0.25) is 9.59 Å². The lowest BCUT2D eigenvalue weighted by atomic mass is 9.71. The molecule has 4 atom stereocenters. The minimum atomic E-state index is -0.748. The molecule has 152 valence electrons. The number of terminal acetylenes is 1. The first kappa shape index (κ1) is 20.0. The first-order chi connectivity index (χ1) is 14.7. The van der Waals surface area contributed by atoms with E-state index in [1.54, 1.807) is 0 Å². The molecule has 1 aliphatic carbocycles. The van der Waals surface area contributed by atoms with Crippen molar-refractivity contribution < 1.29 is 14.3 Å². The number of hydrogen-bond donors (Lipinski definition) is 0. The van der Waals surface area contributed by atoms with Crippen LogP contribution < -0.4 is 0 Å². The zero-order valence-corrected chi connectivity index (χ0v) is 16.8. The molecule has 1 aliphatic heterocycles. The summed E-state index contributed by atoms with van der Waals surface area (Å²) in [5, 5.41) is 0. The molecule has 0 saturated carbocycles. The summed E-state index contributed by atoms with van der Waals surface area (Å²) in [5.74, 6) is 1.35. The quantitative estimate of drug-likeness (QED) is 0.431. The van der Waals surface area contributed by atoms with Crippen LogP contribution in [0.2, 0.25) is 0 Å². The van der Waals surface area contributed by atoms with Gasteiger partial charge in [0.05, 0.1) is 11.8 Å². The summed E-state index contributed by atoms with van der Waals surface area (Å²) in [5.41, 5.74) is 1.85. The van der Waals surface area contributed by atoms with Crippen LogP contribution in [0, 0.1) is 30.1 Å². The Morgan fingerprint density at radius 3 is 2.53 bits per heavy atom. The lowest BCUT2D eigenvalue weighted by Crippen LogP contribution is -2.50. The van der Waals surface area contributed by atoms with Gasteiger partial charge in [-0.1, -0.05) is 78.7 Å². The molecule has 0 radical (unpaired) electrons. The van der Waals surface area contributed by atoms with Crippen LogP contribution in [0.25, 0.3) is 0 Å². The van der Waals surface area contributed by atoms with E-state index in [1.807, 2.05) is 71.6 Å². The van der Waals surface area contributed by atoms with E-state index in [2.05, 4.69) is 12.0 Å². The molecule has 2 aliphatic rings. The van der Waals surface area contributed by atoms with Crippen molar-refractivity contribution in [3.63, 3.8) is 0 Å². The second kappa shape index (κ2) is 9.00. The van der Waals surface area contributed by atoms with Crippen LogP contribution in [-0.4, -0.2) is 23.3 Å². The Bertz CT molecular complexity index is 961. The molecule has 4 rings (SSSR count). The lowest BCUT2D eigenvalue weighted by Gasteiger charge is -2.41. The van der Waals surface area contributed by atoms with E-state index in [1.165, 1.54) is 0 Å². The molecule has 0 spiro atoms. The molecule has 1 heterocycles. The van der Waals surface area contributed by atoms with Crippen molar-refractivity contribution in [1.82, 2.24) is 4.90 Å². The second-order valence-electron chi connectivity index (χ2n) is 7.89. The molecule has 1 unspecified atom stereocenters. The van der Waals surface area contributed by atoms with Gasteiger partial charge in [0.15, 0.2) is 6.10 Å². The monoisotopic (exact) mass is 399 g/mol. The van der Waals surface area contributed by atoms with Gasteiger partial charge in [0.1, 0.15) is 0 Å². The maximum absolute atomic E-state index is 13.3. The fraction of sp³-hybridized carbons (Fsp3) is 0.308. The summed E-state index contributed by atoms with van der Waals surface area (Å²) in [7, 11) is 0. The van der Waals surface area contributed by atoms with Crippen molar-refractivity contribution in [3.8, 4) is 12.3 Å². The Kier molecular flexibility index (Phi) is 5.99. The van der Waals surface area contributed by atoms with E-state index in [4.69, 9.17) is 11.2 Å². The standard InChI is InChI=1S/C26H25NO3/c1-2-23(20-12-7-4-8-13-20)30-26(29)22-15-9-14-21-16-17-27(25(28)24(21)22)18-19-10-5-3-6-11-19/h1,3-14,21-24H,15-18H2/t21-,22-,23?,24+/m1/s1. The minimum absolute atomic E-state index is 0.0263. The van der Waals surface area contributed by atoms with Crippen LogP contribution in [0.15, 0.2) is 72.8 Å². The number of likely N-dealkylation sites (tertiary alicyclic amines) is 1. The van der Waals surface area contributed by atoms with Crippen molar-refractivity contribution in [2.75, 3.05) is 6.54 Å². The maximum atomic E-state index is 13.3. The SMILES string of the molecule is C#CC(OC(=O)[C@@H]1CC=C[C@@H]2CCN(Cc3ccccc3)C(=O)[C@@H]21)c1ccccc1. The molecular weight excluding hydrogens is 374 g/mol. The molecule has 4 heteroatoms. The number of carbonyl (C=O) groups excluding carboxylic acids is 2. The summed E-state index contributed by atoms with van der Waals surface area (Å²) in [6.07, 6.45) is 10.3. The van der Waals surface area contributed by atoms with Gasteiger partial charge in [0.25, 0.3) is 0 Å². The van der Waals surface area contributed by atoms with Crippen LogP contribution in [0.5, 0.6) is 0 Å². The Hall–Kier alpha value is -3.32. The number of hydrogen-bond acceptors (Lipinski definition) is 3. The van der Waals surface area contributed by atoms with E-state index in [0.29, 0.717) is 19.5 Å². The predicted octanol–water partition coefficient (Wildman–Crippen LogP) is 4.15. The van der Waals surface area contributed by atoms with E-state index in [0.717, 1.165) is 17.5 Å². The number of fused-ring (bicyclic) bond motifs is 1. The van der Waals surface area contributed by atoms with E-state index < -0.39 is 23.9 Å². The highest BCUT2D eigenvalue weighted by Crippen LogP contribution is 2.39. The summed E-state index contributed by atoms with van der Waals surface area (Å²) < 4.78 is 5.70. The minimum Gasteiger partial charge on any atom is -0.444 e. The zero-order valence-electron chi connectivity index (χ0n) is 16.8. The first-order valence-corrected chi connectivity index (χ1v) is 10.4. The van der Waals surface area contributed by atoms with Gasteiger partial charge in [-0.25, -0.2) is 0 Å². The summed E-state index contributed by atoms with van der Waals surface area (Å²) in [6.45, 7) is 1.25. The highest BCUT2D eigenvalue weighted by atomic mass is 16.5. The van der Waals surface area contributed by atoms with Gasteiger partial charge in [0, 0.05) is 18.7 Å². The van der Waals surface area contributed by atoms with Gasteiger partial charge >= 0.3 is 5.97 Å². The summed E-state index contributed by atoms with van der Waals surface area (Å²) in [4.78, 5) is 28.3. The van der Waals surface area contributed by atoms with Crippen LogP contribution in [0.4, 0.5) is 0 Å². The normalized spacial score (nSPS) is 23.9. The lowest BCUT2D eigenvalue weighted by molar-refractivity contribution is -0.161. The topological polar surface area (TPSA) is 46.6 Å². The predicted molar refractivity (Wildman–Crippen MR) is 115 cm³/mol. The fourth-order valence-electron chi connectivity index (χ4n) is 4.45. The molecule has 2 aromatic rings. The third-order valence-electron chi connectivity index (χ3n) is 6.00. The first-order valence-electron chi connectivity index (χ1n) is 10.4. The maximum Gasteiger partial charge on any atom is 0.311 e. The number of rotatable bonds is 5. The van der Waals surface area contributed by atoms with Crippen molar-refractivity contribution in [2.24, 2.45) is 17.8 Å². The summed E-state index contributed by atoms with van der Waals surface area (Å²) >= 11 is 0. The van der Waals surface area contributed by atoms with Gasteiger partial charge in [-0.15, -0.1) is 6.42 Å². The van der Waals surface area contributed by atoms with Crippen molar-refractivity contribution in [1.29, 1.82) is 0 Å². The van der Waals surface area contributed by atoms with E-state index >= 15 is 0 Å². The average molecular weight is 399 g/mol. The van der Waals surface area contributed by atoms with Crippen LogP contribution >= 0.6 is 0 Å². The molecule has 0 aromatic heterocycles. The third kappa shape index (κ3) is 4.16. The van der Waals surface area contributed by atoms with Crippen LogP contribution in [-0.2, 0) is 20.9 Å². The van der Waals surface area contributed by atoms with E-state index in [9.17, 15) is 9.59 Å². The molecule has 2 aromatic carbocycles. The van der Waals surface area contributed by atoms with Crippen LogP contribution in [0.3, 0.4) is 0 Å². The van der Waals surface area contributed by atoms with Gasteiger partial charge < -0.3 is 9.64 Å². The van der Waals surface area contributed by atoms with Gasteiger partial charge in [-0.2, -0.15) is 0 Å². The Morgan fingerprint density at radius 2 is 1.83 bits per heavy atom. The molecule has 1 amide bonds. The third-order valence-corrected chi connectivity index (χ3v) is 6.00. The number of allylic oxidation sites excluding steroid dienone is 2. The number of esters is 1. The Labute approximate surface area is 177 Å². The van der Waals surface area contributed by atoms with Crippen molar-refractivity contribution in [3.05, 3.63) is 83.9 Å². The molecule has 1 saturated heterocycles. The zero-order chi connectivity index (χ0) is 20.9. The van der Waals surface area contributed by atoms with Crippen LogP contribution in [0.1, 0.15) is 30.1 Å². The van der Waals surface area contributed by atoms with Crippen molar-refractivity contribution >= 4 is 11.9 Å². The molecule has 4 nitrogen and oxygen atoms in total. The molecule has 1 fully saturated rings. The Balaban J connectivity index is 1.50. The second-order valence-corrected chi connectivity index (χ2v) is 7.89. The van der Waals surface area contributed by atoms with Gasteiger partial charge in [-0.05, 0) is 24.3 Å². The highest BCUT2D eigenvalue weighted by Gasteiger charge is 2.45. The smallest absolute Gasteiger partial charge is 0.311 e. The molecule has 0 N–H and O–H groups in total. The highest BCUT2D eigenvalue weighted by molar-refractivity contribution is 5.87. The largest absolute Gasteiger partial charge is 0.444 e. The number of piperidine rings is 1.